The van der Waals surface area contributed by atoms with Crippen LogP contribution < -0.4 is 5.73 Å². The Hall–Kier alpha value is -0.930. The smallest absolute Gasteiger partial charge is 0.0902 e. The molecule has 0 bridgehead atoms. The normalized spacial score (nSPS) is 15.2. The molecular formula is C8H7Cl2N3. The number of halogens is 2. The van der Waals surface area contributed by atoms with Crippen LogP contribution >= 0.6 is 23.4 Å². The van der Waals surface area contributed by atoms with E-state index in [0.717, 1.165) is 11.3 Å². The van der Waals surface area contributed by atoms with Gasteiger partial charge in [0.1, 0.15) is 0 Å². The maximum absolute atomic E-state index is 5.93. The quantitative estimate of drug-likeness (QED) is 0.675. The number of hydrogen-bond acceptors (Lipinski definition) is 3. The van der Waals surface area contributed by atoms with Gasteiger partial charge in [-0.15, -0.1) is 0 Å². The Kier molecular flexibility index (Phi) is 2.06. The van der Waals surface area contributed by atoms with Crippen LogP contribution in [0.3, 0.4) is 0 Å². The van der Waals surface area contributed by atoms with Crippen LogP contribution in [0.25, 0.3) is 5.03 Å². The van der Waals surface area contributed by atoms with Gasteiger partial charge in [0, 0.05) is 35.4 Å². The van der Waals surface area contributed by atoms with Crippen molar-refractivity contribution in [1.82, 2.24) is 9.40 Å². The number of pyridine rings is 1. The van der Waals surface area contributed by atoms with Gasteiger partial charge in [0.25, 0.3) is 0 Å². The molecule has 0 aliphatic carbocycles. The fraction of sp³-hybridized carbons (Fsp3) is 0.125. The highest BCUT2D eigenvalue weighted by Gasteiger charge is 2.17. The average Bonchev–Trinajstić information content (AvgIpc) is 2.07. The van der Waals surface area contributed by atoms with Crippen LogP contribution in [0.15, 0.2) is 18.5 Å². The third kappa shape index (κ3) is 1.45. The molecule has 2 heterocycles. The first kappa shape index (κ1) is 8.66. The van der Waals surface area contributed by atoms with Gasteiger partial charge in [-0.25, -0.2) is 0 Å². The highest BCUT2D eigenvalue weighted by Crippen LogP contribution is 2.31. The van der Waals surface area contributed by atoms with E-state index >= 15 is 0 Å². The number of nitrogens with two attached hydrogens (primary N) is 1. The van der Waals surface area contributed by atoms with Crippen molar-refractivity contribution in [3.8, 4) is 0 Å². The molecule has 5 heteroatoms. The number of fused-ring (bicyclic) bond motifs is 1. The van der Waals surface area contributed by atoms with Crippen molar-refractivity contribution in [2.75, 3.05) is 5.73 Å². The molecule has 0 atom stereocenters. The maximum atomic E-state index is 5.93. The molecule has 0 amide bonds. The number of nitrogens with zero attached hydrogens (tertiary/aromatic N) is 2. The van der Waals surface area contributed by atoms with Gasteiger partial charge in [-0.1, -0.05) is 11.6 Å². The Bertz CT molecular complexity index is 376. The number of nitrogen functional groups attached to an aromatic ring is 1. The Morgan fingerprint density at radius 1 is 1.54 bits per heavy atom. The molecule has 0 fully saturated rings. The first-order chi connectivity index (χ1) is 6.18. The summed E-state index contributed by atoms with van der Waals surface area (Å²) in [5.41, 5.74) is 8.02. The molecule has 0 spiro atoms. The van der Waals surface area contributed by atoms with Gasteiger partial charge in [-0.3, -0.25) is 9.40 Å². The van der Waals surface area contributed by atoms with Crippen LogP contribution in [-0.4, -0.2) is 9.40 Å². The second kappa shape index (κ2) is 3.09. The summed E-state index contributed by atoms with van der Waals surface area (Å²) in [7, 11) is 0. The van der Waals surface area contributed by atoms with E-state index in [4.69, 9.17) is 29.1 Å². The van der Waals surface area contributed by atoms with Crippen molar-refractivity contribution in [3.63, 3.8) is 0 Å². The first-order valence-electron chi connectivity index (χ1n) is 3.72. The summed E-state index contributed by atoms with van der Waals surface area (Å²) in [4.78, 5) is 4.13. The van der Waals surface area contributed by atoms with Crippen LogP contribution in [-0.2, 0) is 6.54 Å². The van der Waals surface area contributed by atoms with Crippen molar-refractivity contribution < 1.29 is 0 Å². The first-order valence-corrected chi connectivity index (χ1v) is 4.43. The van der Waals surface area contributed by atoms with Gasteiger partial charge in [0.2, 0.25) is 0 Å². The van der Waals surface area contributed by atoms with Crippen LogP contribution in [0, 0.1) is 0 Å². The second-order valence-corrected chi connectivity index (χ2v) is 3.60. The van der Waals surface area contributed by atoms with Crippen molar-refractivity contribution in [2.24, 2.45) is 0 Å². The topological polar surface area (TPSA) is 42.1 Å². The van der Waals surface area contributed by atoms with Crippen molar-refractivity contribution in [2.45, 2.75) is 6.54 Å². The molecule has 0 unspecified atom stereocenters. The molecule has 1 aliphatic rings. The standard InChI is InChI=1S/C8H7Cl2N3/c9-6-4-13(10)3-5-7(11)1-2-12-8(5)6/h1-2,4H,3H2,(H2,11,12). The molecule has 2 rings (SSSR count). The lowest BCUT2D eigenvalue weighted by molar-refractivity contribution is 0.592. The summed E-state index contributed by atoms with van der Waals surface area (Å²) in [6.07, 6.45) is 3.26. The highest BCUT2D eigenvalue weighted by atomic mass is 35.5. The molecule has 0 aromatic carbocycles. The second-order valence-electron chi connectivity index (χ2n) is 2.76. The van der Waals surface area contributed by atoms with Gasteiger partial charge < -0.3 is 5.73 Å². The van der Waals surface area contributed by atoms with Crippen LogP contribution in [0.2, 0.25) is 0 Å². The summed E-state index contributed by atoms with van der Waals surface area (Å²) in [5, 5.41) is 0.517. The largest absolute Gasteiger partial charge is 0.398 e. The van der Waals surface area contributed by atoms with Gasteiger partial charge in [0.05, 0.1) is 17.3 Å². The summed E-state index contributed by atoms with van der Waals surface area (Å²) in [6, 6.07) is 1.74. The van der Waals surface area contributed by atoms with E-state index in [1.54, 1.807) is 18.5 Å². The Labute approximate surface area is 85.9 Å². The molecule has 0 saturated heterocycles. The number of anilines is 1. The minimum Gasteiger partial charge on any atom is -0.398 e. The van der Waals surface area contributed by atoms with E-state index in [0.29, 0.717) is 17.3 Å². The van der Waals surface area contributed by atoms with Crippen LogP contribution in [0.5, 0.6) is 0 Å². The van der Waals surface area contributed by atoms with Crippen molar-refractivity contribution in [1.29, 1.82) is 0 Å². The molecular weight excluding hydrogens is 209 g/mol. The molecule has 13 heavy (non-hydrogen) atoms. The van der Waals surface area contributed by atoms with Gasteiger partial charge in [-0.05, 0) is 6.07 Å². The van der Waals surface area contributed by atoms with Crippen molar-refractivity contribution >= 4 is 34.1 Å². The van der Waals surface area contributed by atoms with Crippen LogP contribution in [0.4, 0.5) is 5.69 Å². The van der Waals surface area contributed by atoms with E-state index in [1.165, 1.54) is 4.42 Å². The third-order valence-corrected chi connectivity index (χ3v) is 2.37. The Morgan fingerprint density at radius 2 is 2.31 bits per heavy atom. The summed E-state index contributed by atoms with van der Waals surface area (Å²) in [5.74, 6) is 0. The zero-order valence-electron chi connectivity index (χ0n) is 6.67. The molecule has 0 radical (unpaired) electrons. The SMILES string of the molecule is Nc1ccnc2c1CN(Cl)C=C2Cl. The average molecular weight is 216 g/mol. The maximum Gasteiger partial charge on any atom is 0.0902 e. The lowest BCUT2D eigenvalue weighted by Gasteiger charge is -2.20. The summed E-state index contributed by atoms with van der Waals surface area (Å²) in [6.45, 7) is 0.535. The molecule has 68 valence electrons. The molecule has 1 aromatic rings. The molecule has 0 saturated carbocycles. The molecule has 1 aromatic heterocycles. The van der Waals surface area contributed by atoms with E-state index in [9.17, 15) is 0 Å². The van der Waals surface area contributed by atoms with Crippen molar-refractivity contribution in [3.05, 3.63) is 29.7 Å². The monoisotopic (exact) mass is 215 g/mol. The highest BCUT2D eigenvalue weighted by molar-refractivity contribution is 6.49. The summed E-state index contributed by atoms with van der Waals surface area (Å²) < 4.78 is 1.46. The number of aromatic nitrogens is 1. The fourth-order valence-corrected chi connectivity index (χ4v) is 1.81. The lowest BCUT2D eigenvalue weighted by atomic mass is 10.1. The third-order valence-electron chi connectivity index (χ3n) is 1.88. The molecule has 2 N–H and O–H groups in total. The van der Waals surface area contributed by atoms with E-state index in [2.05, 4.69) is 4.98 Å². The zero-order chi connectivity index (χ0) is 9.42. The minimum absolute atomic E-state index is 0.517. The summed E-state index contributed by atoms with van der Waals surface area (Å²) >= 11 is 11.7. The minimum atomic E-state index is 0.517. The van der Waals surface area contributed by atoms with E-state index < -0.39 is 0 Å². The number of rotatable bonds is 0. The van der Waals surface area contributed by atoms with Gasteiger partial charge in [-0.2, -0.15) is 0 Å². The predicted octanol–water partition coefficient (Wildman–Crippen LogP) is 2.17. The van der Waals surface area contributed by atoms with E-state index in [-0.39, 0.29) is 0 Å². The lowest BCUT2D eigenvalue weighted by Crippen LogP contribution is -2.14. The Morgan fingerprint density at radius 3 is 3.08 bits per heavy atom. The number of hydrogen-bond donors (Lipinski definition) is 1. The Balaban J connectivity index is 2.59. The van der Waals surface area contributed by atoms with Gasteiger partial charge >= 0.3 is 0 Å². The van der Waals surface area contributed by atoms with Crippen LogP contribution in [0.1, 0.15) is 11.3 Å². The van der Waals surface area contributed by atoms with E-state index in [1.807, 2.05) is 0 Å². The van der Waals surface area contributed by atoms with Gasteiger partial charge in [0.15, 0.2) is 0 Å². The fourth-order valence-electron chi connectivity index (χ4n) is 1.26. The molecule has 1 aliphatic heterocycles. The molecule has 3 nitrogen and oxygen atoms in total. The zero-order valence-corrected chi connectivity index (χ0v) is 8.18. The predicted molar refractivity (Wildman–Crippen MR) is 53.9 cm³/mol.